The van der Waals surface area contributed by atoms with Crippen molar-refractivity contribution >= 4 is 16.5 Å². The van der Waals surface area contributed by atoms with E-state index in [0.717, 1.165) is 36.0 Å². The summed E-state index contributed by atoms with van der Waals surface area (Å²) in [5, 5.41) is 5.91. The van der Waals surface area contributed by atoms with Crippen LogP contribution < -0.4 is 19.5 Å². The Morgan fingerprint density at radius 2 is 1.88 bits per heavy atom. The van der Waals surface area contributed by atoms with Crippen molar-refractivity contribution in [1.29, 1.82) is 0 Å². The maximum atomic E-state index is 5.97. The largest absolute Gasteiger partial charge is 0.493 e. The predicted octanol–water partition coefficient (Wildman–Crippen LogP) is 4.97. The van der Waals surface area contributed by atoms with Crippen molar-refractivity contribution in [2.75, 3.05) is 18.7 Å². The third-order valence-electron chi connectivity index (χ3n) is 4.30. The van der Waals surface area contributed by atoms with E-state index in [9.17, 15) is 0 Å². The molecule has 0 saturated heterocycles. The fourth-order valence-electron chi connectivity index (χ4n) is 3.04. The molecule has 0 atom stereocenters. The molecule has 4 heteroatoms. The lowest BCUT2D eigenvalue weighted by Crippen LogP contribution is -2.05. The summed E-state index contributed by atoms with van der Waals surface area (Å²) in [6.45, 7) is 3.80. The Balaban J connectivity index is 1.62. The van der Waals surface area contributed by atoms with Crippen molar-refractivity contribution in [2.45, 2.75) is 19.9 Å². The van der Waals surface area contributed by atoms with E-state index in [2.05, 4.69) is 48.6 Å². The quantitative estimate of drug-likeness (QED) is 0.690. The lowest BCUT2D eigenvalue weighted by molar-refractivity contribution is 0.174. The van der Waals surface area contributed by atoms with Crippen molar-refractivity contribution in [3.8, 4) is 17.2 Å². The molecule has 0 bridgehead atoms. The highest BCUT2D eigenvalue weighted by Crippen LogP contribution is 2.35. The molecule has 0 unspecified atom stereocenters. The summed E-state index contributed by atoms with van der Waals surface area (Å²) in [7, 11) is 0. The van der Waals surface area contributed by atoms with Gasteiger partial charge in [0, 0.05) is 23.9 Å². The average molecular weight is 335 g/mol. The molecule has 0 amide bonds. The van der Waals surface area contributed by atoms with Gasteiger partial charge in [0.2, 0.25) is 6.79 Å². The fourth-order valence-corrected chi connectivity index (χ4v) is 3.04. The summed E-state index contributed by atoms with van der Waals surface area (Å²) in [5.74, 6) is 2.52. The first-order valence-electron chi connectivity index (χ1n) is 8.62. The molecular weight excluding hydrogens is 314 g/mol. The van der Waals surface area contributed by atoms with Gasteiger partial charge >= 0.3 is 0 Å². The smallest absolute Gasteiger partial charge is 0.231 e. The second kappa shape index (κ2) is 6.93. The third kappa shape index (κ3) is 3.20. The van der Waals surface area contributed by atoms with Gasteiger partial charge in [0.15, 0.2) is 11.5 Å². The second-order valence-electron chi connectivity index (χ2n) is 6.03. The molecular formula is C21H21NO3. The summed E-state index contributed by atoms with van der Waals surface area (Å²) < 4.78 is 16.8. The van der Waals surface area contributed by atoms with Crippen LogP contribution in [-0.2, 0) is 6.54 Å². The normalized spacial score (nSPS) is 12.4. The molecule has 0 saturated carbocycles. The minimum atomic E-state index is 0.289. The van der Waals surface area contributed by atoms with Crippen LogP contribution in [0, 0.1) is 0 Å². The van der Waals surface area contributed by atoms with E-state index in [0.29, 0.717) is 6.54 Å². The maximum absolute atomic E-state index is 5.97. The highest BCUT2D eigenvalue weighted by atomic mass is 16.7. The molecule has 0 aliphatic carbocycles. The fraction of sp³-hybridized carbons (Fsp3) is 0.238. The molecule has 3 aromatic carbocycles. The van der Waals surface area contributed by atoms with E-state index in [4.69, 9.17) is 14.2 Å². The van der Waals surface area contributed by atoms with E-state index in [-0.39, 0.29) is 6.79 Å². The molecule has 0 radical (unpaired) electrons. The van der Waals surface area contributed by atoms with Crippen LogP contribution in [0.4, 0.5) is 5.69 Å². The zero-order chi connectivity index (χ0) is 17.1. The van der Waals surface area contributed by atoms with Crippen LogP contribution in [0.1, 0.15) is 18.9 Å². The molecule has 25 heavy (non-hydrogen) atoms. The Bertz CT molecular complexity index is 891. The van der Waals surface area contributed by atoms with Gasteiger partial charge in [0.25, 0.3) is 0 Å². The van der Waals surface area contributed by atoms with Crippen LogP contribution in [0.2, 0.25) is 0 Å². The first-order chi connectivity index (χ1) is 12.3. The second-order valence-corrected chi connectivity index (χ2v) is 6.03. The molecule has 128 valence electrons. The molecule has 1 aliphatic heterocycles. The average Bonchev–Trinajstić information content (AvgIpc) is 3.12. The van der Waals surface area contributed by atoms with Crippen LogP contribution in [0.25, 0.3) is 10.8 Å². The minimum Gasteiger partial charge on any atom is -0.493 e. The molecule has 1 heterocycles. The van der Waals surface area contributed by atoms with Crippen molar-refractivity contribution in [2.24, 2.45) is 0 Å². The minimum absolute atomic E-state index is 0.289. The van der Waals surface area contributed by atoms with Crippen molar-refractivity contribution in [1.82, 2.24) is 0 Å². The standard InChI is InChI=1S/C21H21NO3/c1-2-11-23-19-9-7-15-5-3-4-6-17(15)18(19)13-22-16-8-10-20-21(12-16)25-14-24-20/h3-10,12,22H,2,11,13-14H2,1H3. The van der Waals surface area contributed by atoms with E-state index in [1.54, 1.807) is 0 Å². The number of fused-ring (bicyclic) bond motifs is 2. The maximum Gasteiger partial charge on any atom is 0.231 e. The summed E-state index contributed by atoms with van der Waals surface area (Å²) >= 11 is 0. The molecule has 0 spiro atoms. The number of benzene rings is 3. The van der Waals surface area contributed by atoms with Gasteiger partial charge in [-0.3, -0.25) is 0 Å². The van der Waals surface area contributed by atoms with Gasteiger partial charge in [-0.2, -0.15) is 0 Å². The summed E-state index contributed by atoms with van der Waals surface area (Å²) in [4.78, 5) is 0. The predicted molar refractivity (Wildman–Crippen MR) is 99.6 cm³/mol. The first-order valence-corrected chi connectivity index (χ1v) is 8.62. The zero-order valence-corrected chi connectivity index (χ0v) is 14.2. The highest BCUT2D eigenvalue weighted by molar-refractivity contribution is 5.88. The van der Waals surface area contributed by atoms with Crippen LogP contribution in [0.3, 0.4) is 0 Å². The number of hydrogen-bond donors (Lipinski definition) is 1. The SMILES string of the molecule is CCCOc1ccc2ccccc2c1CNc1ccc2c(c1)OCO2. The number of hydrogen-bond acceptors (Lipinski definition) is 4. The van der Waals surface area contributed by atoms with Gasteiger partial charge < -0.3 is 19.5 Å². The summed E-state index contributed by atoms with van der Waals surface area (Å²) in [5.41, 5.74) is 2.17. The molecule has 0 aromatic heterocycles. The molecule has 0 fully saturated rings. The summed E-state index contributed by atoms with van der Waals surface area (Å²) in [6, 6.07) is 18.5. The van der Waals surface area contributed by atoms with Crippen LogP contribution in [-0.4, -0.2) is 13.4 Å². The van der Waals surface area contributed by atoms with Crippen LogP contribution >= 0.6 is 0 Å². The highest BCUT2D eigenvalue weighted by Gasteiger charge is 2.14. The summed E-state index contributed by atoms with van der Waals surface area (Å²) in [6.07, 6.45) is 0.988. The van der Waals surface area contributed by atoms with Gasteiger partial charge in [0.05, 0.1) is 6.61 Å². The molecule has 1 aliphatic rings. The van der Waals surface area contributed by atoms with E-state index in [1.165, 1.54) is 16.3 Å². The van der Waals surface area contributed by atoms with Crippen LogP contribution in [0.5, 0.6) is 17.2 Å². The monoisotopic (exact) mass is 335 g/mol. The molecule has 1 N–H and O–H groups in total. The molecule has 4 rings (SSSR count). The Labute approximate surface area is 147 Å². The molecule has 3 aromatic rings. The Hall–Kier alpha value is -2.88. The number of rotatable bonds is 6. The van der Waals surface area contributed by atoms with Crippen molar-refractivity contribution in [3.05, 3.63) is 60.2 Å². The van der Waals surface area contributed by atoms with Crippen LogP contribution in [0.15, 0.2) is 54.6 Å². The number of nitrogens with one attached hydrogen (secondary N) is 1. The van der Waals surface area contributed by atoms with E-state index >= 15 is 0 Å². The first kappa shape index (κ1) is 15.6. The van der Waals surface area contributed by atoms with Gasteiger partial charge in [-0.25, -0.2) is 0 Å². The van der Waals surface area contributed by atoms with Crippen molar-refractivity contribution in [3.63, 3.8) is 0 Å². The Morgan fingerprint density at radius 1 is 1.00 bits per heavy atom. The van der Waals surface area contributed by atoms with Gasteiger partial charge in [0.1, 0.15) is 5.75 Å². The van der Waals surface area contributed by atoms with Gasteiger partial charge in [-0.05, 0) is 35.4 Å². The molecule has 4 nitrogen and oxygen atoms in total. The lowest BCUT2D eigenvalue weighted by Gasteiger charge is -2.15. The van der Waals surface area contributed by atoms with Crippen molar-refractivity contribution < 1.29 is 14.2 Å². The van der Waals surface area contributed by atoms with E-state index < -0.39 is 0 Å². The third-order valence-corrected chi connectivity index (χ3v) is 4.30. The number of ether oxygens (including phenoxy) is 3. The zero-order valence-electron chi connectivity index (χ0n) is 14.2. The topological polar surface area (TPSA) is 39.7 Å². The Kier molecular flexibility index (Phi) is 4.34. The van der Waals surface area contributed by atoms with Gasteiger partial charge in [-0.15, -0.1) is 0 Å². The lowest BCUT2D eigenvalue weighted by atomic mass is 10.0. The Morgan fingerprint density at radius 3 is 2.80 bits per heavy atom. The number of anilines is 1. The van der Waals surface area contributed by atoms with Gasteiger partial charge in [-0.1, -0.05) is 37.3 Å². The van der Waals surface area contributed by atoms with E-state index in [1.807, 2.05) is 18.2 Å².